The number of hydrogen-bond donors (Lipinski definition) is 0. The number of aromatic nitrogens is 2. The van der Waals surface area contributed by atoms with E-state index in [2.05, 4.69) is 9.97 Å². The van der Waals surface area contributed by atoms with Gasteiger partial charge in [0.25, 0.3) is 0 Å². The molecule has 2 aromatic rings. The first-order chi connectivity index (χ1) is 13.5. The SMILES string of the molecule is CCOc1ccc(S(=O)(=O)N2CCN(c3cc(OC)nc(OC)n3)CC2)cc1. The molecule has 0 spiro atoms. The van der Waals surface area contributed by atoms with E-state index in [1.54, 1.807) is 30.3 Å². The molecular formula is C18H24N4O5S. The fraction of sp³-hybridized carbons (Fsp3) is 0.444. The molecule has 0 amide bonds. The van der Waals surface area contributed by atoms with Gasteiger partial charge >= 0.3 is 6.01 Å². The van der Waals surface area contributed by atoms with Gasteiger partial charge < -0.3 is 19.1 Å². The summed E-state index contributed by atoms with van der Waals surface area (Å²) in [5.41, 5.74) is 0. The Morgan fingerprint density at radius 1 is 1.00 bits per heavy atom. The van der Waals surface area contributed by atoms with Crippen LogP contribution in [0.2, 0.25) is 0 Å². The number of methoxy groups -OCH3 is 2. The van der Waals surface area contributed by atoms with Gasteiger partial charge in [-0.25, -0.2) is 8.42 Å². The van der Waals surface area contributed by atoms with Gasteiger partial charge in [0, 0.05) is 32.2 Å². The van der Waals surface area contributed by atoms with Crippen LogP contribution in [0.15, 0.2) is 35.2 Å². The highest BCUT2D eigenvalue weighted by atomic mass is 32.2. The Labute approximate surface area is 164 Å². The molecule has 1 aromatic heterocycles. The standard InChI is InChI=1S/C18H24N4O5S/c1-4-27-14-5-7-15(8-6-14)28(23,24)22-11-9-21(10-12-22)16-13-17(25-2)20-18(19-16)26-3/h5-8,13H,4,9-12H2,1-3H3. The average Bonchev–Trinajstić information content (AvgIpc) is 2.74. The van der Waals surface area contributed by atoms with Gasteiger partial charge in [0.15, 0.2) is 0 Å². The molecule has 0 unspecified atom stereocenters. The second-order valence-electron chi connectivity index (χ2n) is 6.05. The topological polar surface area (TPSA) is 94.1 Å². The van der Waals surface area contributed by atoms with Crippen LogP contribution < -0.4 is 19.1 Å². The van der Waals surface area contributed by atoms with Crippen molar-refractivity contribution in [3.05, 3.63) is 30.3 Å². The molecule has 1 fully saturated rings. The maximum absolute atomic E-state index is 12.9. The minimum absolute atomic E-state index is 0.207. The summed E-state index contributed by atoms with van der Waals surface area (Å²) < 4.78 is 42.9. The maximum atomic E-state index is 12.9. The number of ether oxygens (including phenoxy) is 3. The highest BCUT2D eigenvalue weighted by Crippen LogP contribution is 2.24. The summed E-state index contributed by atoms with van der Waals surface area (Å²) in [4.78, 5) is 10.6. The largest absolute Gasteiger partial charge is 0.494 e. The quantitative estimate of drug-likeness (QED) is 0.679. The van der Waals surface area contributed by atoms with Gasteiger partial charge in [-0.1, -0.05) is 0 Å². The van der Waals surface area contributed by atoms with Crippen molar-refractivity contribution >= 4 is 15.8 Å². The lowest BCUT2D eigenvalue weighted by Gasteiger charge is -2.34. The number of anilines is 1. The fourth-order valence-corrected chi connectivity index (χ4v) is 4.35. The first kappa shape index (κ1) is 20.2. The molecule has 0 bridgehead atoms. The molecule has 2 heterocycles. The van der Waals surface area contributed by atoms with Crippen molar-refractivity contribution in [2.24, 2.45) is 0 Å². The van der Waals surface area contributed by atoms with E-state index in [0.29, 0.717) is 50.2 Å². The highest BCUT2D eigenvalue weighted by Gasteiger charge is 2.29. The second-order valence-corrected chi connectivity index (χ2v) is 7.99. The van der Waals surface area contributed by atoms with E-state index >= 15 is 0 Å². The number of benzene rings is 1. The Hall–Kier alpha value is -2.59. The Balaban J connectivity index is 1.70. The zero-order chi connectivity index (χ0) is 20.1. The van der Waals surface area contributed by atoms with Crippen molar-refractivity contribution in [3.8, 4) is 17.6 Å². The third-order valence-electron chi connectivity index (χ3n) is 4.40. The molecule has 3 rings (SSSR count). The normalized spacial score (nSPS) is 15.3. The van der Waals surface area contributed by atoms with Gasteiger partial charge in [0.05, 0.1) is 25.7 Å². The van der Waals surface area contributed by atoms with Crippen LogP contribution in [0.5, 0.6) is 17.6 Å². The molecular weight excluding hydrogens is 384 g/mol. The van der Waals surface area contributed by atoms with Gasteiger partial charge in [0.1, 0.15) is 11.6 Å². The van der Waals surface area contributed by atoms with Gasteiger partial charge in [-0.3, -0.25) is 0 Å². The maximum Gasteiger partial charge on any atom is 0.321 e. The van der Waals surface area contributed by atoms with Crippen molar-refractivity contribution < 1.29 is 22.6 Å². The Morgan fingerprint density at radius 2 is 1.68 bits per heavy atom. The molecule has 0 radical (unpaired) electrons. The summed E-state index contributed by atoms with van der Waals surface area (Å²) in [6, 6.07) is 8.41. The van der Waals surface area contributed by atoms with E-state index < -0.39 is 10.0 Å². The molecule has 10 heteroatoms. The zero-order valence-electron chi connectivity index (χ0n) is 16.2. The smallest absolute Gasteiger partial charge is 0.321 e. The summed E-state index contributed by atoms with van der Waals surface area (Å²) in [7, 11) is -0.549. The number of piperazine rings is 1. The molecule has 28 heavy (non-hydrogen) atoms. The van der Waals surface area contributed by atoms with Gasteiger partial charge in [-0.05, 0) is 31.2 Å². The Kier molecular flexibility index (Phi) is 6.20. The number of rotatable bonds is 7. The summed E-state index contributed by atoms with van der Waals surface area (Å²) in [6.45, 7) is 4.12. The van der Waals surface area contributed by atoms with E-state index in [0.717, 1.165) is 0 Å². The molecule has 0 aliphatic carbocycles. The van der Waals surface area contributed by atoms with Crippen LogP contribution in [0.4, 0.5) is 5.82 Å². The summed E-state index contributed by atoms with van der Waals surface area (Å²) in [6.07, 6.45) is 0. The molecule has 1 aliphatic heterocycles. The van der Waals surface area contributed by atoms with E-state index in [1.807, 2.05) is 11.8 Å². The van der Waals surface area contributed by atoms with E-state index in [9.17, 15) is 8.42 Å². The molecule has 1 saturated heterocycles. The lowest BCUT2D eigenvalue weighted by atomic mass is 10.3. The van der Waals surface area contributed by atoms with Crippen LogP contribution in [0.3, 0.4) is 0 Å². The lowest BCUT2D eigenvalue weighted by molar-refractivity contribution is 0.340. The van der Waals surface area contributed by atoms with Crippen molar-refractivity contribution in [2.45, 2.75) is 11.8 Å². The Bertz CT molecular complexity index is 874. The minimum atomic E-state index is -3.56. The predicted octanol–water partition coefficient (Wildman–Crippen LogP) is 1.40. The third-order valence-corrected chi connectivity index (χ3v) is 6.31. The van der Waals surface area contributed by atoms with E-state index in [-0.39, 0.29) is 10.9 Å². The predicted molar refractivity (Wildman–Crippen MR) is 104 cm³/mol. The minimum Gasteiger partial charge on any atom is -0.494 e. The van der Waals surface area contributed by atoms with Crippen LogP contribution in [0, 0.1) is 0 Å². The molecule has 1 aromatic carbocycles. The fourth-order valence-electron chi connectivity index (χ4n) is 2.93. The number of hydrogen-bond acceptors (Lipinski definition) is 8. The van der Waals surface area contributed by atoms with Gasteiger partial charge in [-0.15, -0.1) is 0 Å². The molecule has 0 atom stereocenters. The van der Waals surface area contributed by atoms with E-state index in [4.69, 9.17) is 14.2 Å². The van der Waals surface area contributed by atoms with Crippen LogP contribution >= 0.6 is 0 Å². The lowest BCUT2D eigenvalue weighted by Crippen LogP contribution is -2.48. The first-order valence-corrected chi connectivity index (χ1v) is 10.4. The molecule has 9 nitrogen and oxygen atoms in total. The first-order valence-electron chi connectivity index (χ1n) is 8.93. The van der Waals surface area contributed by atoms with Crippen molar-refractivity contribution in [2.75, 3.05) is 51.9 Å². The zero-order valence-corrected chi connectivity index (χ0v) is 17.0. The summed E-state index contributed by atoms with van der Waals surface area (Å²) >= 11 is 0. The molecule has 1 aliphatic rings. The van der Waals surface area contributed by atoms with Gasteiger partial charge in [0.2, 0.25) is 15.9 Å². The second kappa shape index (κ2) is 8.61. The van der Waals surface area contributed by atoms with Crippen LogP contribution in [-0.2, 0) is 10.0 Å². The highest BCUT2D eigenvalue weighted by molar-refractivity contribution is 7.89. The van der Waals surface area contributed by atoms with Crippen LogP contribution in [-0.4, -0.2) is 69.7 Å². The Morgan fingerprint density at radius 3 is 2.25 bits per heavy atom. The molecule has 0 N–H and O–H groups in total. The molecule has 0 saturated carbocycles. The van der Waals surface area contributed by atoms with Crippen LogP contribution in [0.25, 0.3) is 0 Å². The summed E-state index contributed by atoms with van der Waals surface area (Å²) in [5.74, 6) is 1.69. The van der Waals surface area contributed by atoms with Crippen LogP contribution in [0.1, 0.15) is 6.92 Å². The number of nitrogens with zero attached hydrogens (tertiary/aromatic N) is 4. The van der Waals surface area contributed by atoms with Crippen molar-refractivity contribution in [1.29, 1.82) is 0 Å². The average molecular weight is 408 g/mol. The van der Waals surface area contributed by atoms with Crippen molar-refractivity contribution in [1.82, 2.24) is 14.3 Å². The molecule has 152 valence electrons. The number of sulfonamides is 1. The van der Waals surface area contributed by atoms with Crippen molar-refractivity contribution in [3.63, 3.8) is 0 Å². The monoisotopic (exact) mass is 408 g/mol. The van der Waals surface area contributed by atoms with E-state index in [1.165, 1.54) is 18.5 Å². The summed E-state index contributed by atoms with van der Waals surface area (Å²) in [5, 5.41) is 0. The van der Waals surface area contributed by atoms with Gasteiger partial charge in [-0.2, -0.15) is 14.3 Å². The third kappa shape index (κ3) is 4.28.